The van der Waals surface area contributed by atoms with Crippen LogP contribution in [0.25, 0.3) is 21.2 Å². The van der Waals surface area contributed by atoms with E-state index in [2.05, 4.69) is 0 Å². The highest BCUT2D eigenvalue weighted by molar-refractivity contribution is 7.21. The van der Waals surface area contributed by atoms with Crippen LogP contribution in [-0.4, -0.2) is 11.1 Å². The number of aromatic carboxylic acids is 1. The van der Waals surface area contributed by atoms with Crippen molar-refractivity contribution in [3.05, 3.63) is 58.2 Å². The number of carbonyl (C=O) groups is 1. The lowest BCUT2D eigenvalue weighted by atomic mass is 10.00. The maximum Gasteiger partial charge on any atom is 0.346 e. The molecule has 2 aromatic carbocycles. The Kier molecular flexibility index (Phi) is 3.56. The first-order valence-corrected chi connectivity index (χ1v) is 6.91. The van der Waals surface area contributed by atoms with E-state index in [-0.39, 0.29) is 16.2 Å². The number of hydrogen-bond donors (Lipinski definition) is 1. The number of carboxylic acid groups (broad SMARTS) is 1. The number of thiophene rings is 1. The van der Waals surface area contributed by atoms with Crippen LogP contribution >= 0.6 is 11.3 Å². The van der Waals surface area contributed by atoms with Gasteiger partial charge in [0.05, 0.1) is 5.56 Å². The second-order valence-corrected chi connectivity index (χ2v) is 5.65. The van der Waals surface area contributed by atoms with Gasteiger partial charge in [-0.25, -0.2) is 26.7 Å². The molecule has 0 aliphatic carbocycles. The van der Waals surface area contributed by atoms with Gasteiger partial charge in [0.1, 0.15) is 10.7 Å². The first-order valence-electron chi connectivity index (χ1n) is 6.10. The molecule has 8 heteroatoms. The van der Waals surface area contributed by atoms with Gasteiger partial charge in [0.15, 0.2) is 23.3 Å². The monoisotopic (exact) mass is 344 g/mol. The normalized spacial score (nSPS) is 11.2. The quantitative estimate of drug-likeness (QED) is 0.527. The van der Waals surface area contributed by atoms with E-state index in [9.17, 15) is 31.9 Å². The molecule has 23 heavy (non-hydrogen) atoms. The average molecular weight is 344 g/mol. The maximum absolute atomic E-state index is 14.0. The summed E-state index contributed by atoms with van der Waals surface area (Å²) >= 11 is 0.552. The molecule has 0 spiro atoms. The second-order valence-electron chi connectivity index (χ2n) is 4.59. The predicted molar refractivity (Wildman–Crippen MR) is 74.0 cm³/mol. The molecule has 3 aromatic rings. The third-order valence-electron chi connectivity index (χ3n) is 3.21. The van der Waals surface area contributed by atoms with Crippen LogP contribution in [0.4, 0.5) is 22.0 Å². The van der Waals surface area contributed by atoms with Crippen LogP contribution in [0, 0.1) is 29.1 Å². The summed E-state index contributed by atoms with van der Waals surface area (Å²) in [5.41, 5.74) is -1.65. The summed E-state index contributed by atoms with van der Waals surface area (Å²) in [6.45, 7) is 0. The van der Waals surface area contributed by atoms with Gasteiger partial charge in [0.2, 0.25) is 0 Å². The summed E-state index contributed by atoms with van der Waals surface area (Å²) in [4.78, 5) is 10.8. The van der Waals surface area contributed by atoms with Crippen molar-refractivity contribution < 1.29 is 31.9 Å². The molecule has 0 aliphatic heterocycles. The van der Waals surface area contributed by atoms with E-state index in [0.717, 1.165) is 18.2 Å². The number of hydrogen-bond acceptors (Lipinski definition) is 2. The number of carboxylic acids is 1. The smallest absolute Gasteiger partial charge is 0.346 e. The van der Waals surface area contributed by atoms with E-state index in [1.807, 2.05) is 0 Å². The molecule has 0 fully saturated rings. The fraction of sp³-hybridized carbons (Fsp3) is 0. The predicted octanol–water partition coefficient (Wildman–Crippen LogP) is 4.96. The van der Waals surface area contributed by atoms with E-state index >= 15 is 0 Å². The molecular weight excluding hydrogens is 339 g/mol. The molecule has 0 aliphatic rings. The lowest BCUT2D eigenvalue weighted by Gasteiger charge is -2.08. The summed E-state index contributed by atoms with van der Waals surface area (Å²) in [6.07, 6.45) is 0. The van der Waals surface area contributed by atoms with Crippen molar-refractivity contribution in [2.24, 2.45) is 0 Å². The van der Waals surface area contributed by atoms with Crippen molar-refractivity contribution >= 4 is 27.4 Å². The molecule has 0 saturated heterocycles. The van der Waals surface area contributed by atoms with Crippen LogP contribution in [0.15, 0.2) is 24.3 Å². The molecule has 0 radical (unpaired) electrons. The molecule has 2 nitrogen and oxygen atoms in total. The SMILES string of the molecule is O=C(O)c1sc2cc(F)ccc2c1-c1c(F)c(F)cc(F)c1F. The van der Waals surface area contributed by atoms with Gasteiger partial charge in [-0.3, -0.25) is 0 Å². The molecule has 0 atom stereocenters. The van der Waals surface area contributed by atoms with Crippen LogP contribution < -0.4 is 0 Å². The fourth-order valence-electron chi connectivity index (χ4n) is 2.26. The van der Waals surface area contributed by atoms with Crippen molar-refractivity contribution in [1.82, 2.24) is 0 Å². The summed E-state index contributed by atoms with van der Waals surface area (Å²) < 4.78 is 68.2. The van der Waals surface area contributed by atoms with Crippen LogP contribution in [0.1, 0.15) is 9.67 Å². The minimum atomic E-state index is -1.71. The number of benzene rings is 2. The first-order chi connectivity index (χ1) is 10.8. The van der Waals surface area contributed by atoms with Gasteiger partial charge in [-0.05, 0) is 18.2 Å². The number of halogens is 5. The molecule has 0 amide bonds. The van der Waals surface area contributed by atoms with Crippen molar-refractivity contribution in [3.63, 3.8) is 0 Å². The Bertz CT molecular complexity index is 938. The topological polar surface area (TPSA) is 37.3 Å². The fourth-order valence-corrected chi connectivity index (χ4v) is 3.33. The molecule has 118 valence electrons. The molecule has 1 heterocycles. The van der Waals surface area contributed by atoms with Gasteiger partial charge < -0.3 is 5.11 Å². The summed E-state index contributed by atoms with van der Waals surface area (Å²) in [6, 6.07) is 3.06. The van der Waals surface area contributed by atoms with Crippen molar-refractivity contribution in [2.75, 3.05) is 0 Å². The zero-order valence-electron chi connectivity index (χ0n) is 11.0. The number of fused-ring (bicyclic) bond motifs is 1. The van der Waals surface area contributed by atoms with E-state index in [1.54, 1.807) is 0 Å². The largest absolute Gasteiger partial charge is 0.477 e. The Morgan fingerprint density at radius 2 is 1.52 bits per heavy atom. The van der Waals surface area contributed by atoms with Gasteiger partial charge in [0.25, 0.3) is 0 Å². The minimum absolute atomic E-state index is 0.0170. The molecule has 1 N–H and O–H groups in total. The molecular formula is C15H5F5O2S. The zero-order chi connectivity index (χ0) is 16.9. The van der Waals surface area contributed by atoms with E-state index in [1.165, 1.54) is 0 Å². The van der Waals surface area contributed by atoms with E-state index in [0.29, 0.717) is 11.3 Å². The van der Waals surface area contributed by atoms with E-state index in [4.69, 9.17) is 0 Å². The van der Waals surface area contributed by atoms with Crippen LogP contribution in [0.2, 0.25) is 0 Å². The maximum atomic E-state index is 14.0. The van der Waals surface area contributed by atoms with Crippen molar-refractivity contribution in [2.45, 2.75) is 0 Å². The standard InChI is InChI=1S/C15H5F5O2S/c16-5-1-2-6-9(3-5)23-14(15(21)22)10(6)11-12(19)7(17)4-8(18)13(11)20/h1-4H,(H,21,22). The minimum Gasteiger partial charge on any atom is -0.477 e. The van der Waals surface area contributed by atoms with Gasteiger partial charge in [-0.2, -0.15) is 0 Å². The molecule has 1 aromatic heterocycles. The third-order valence-corrected chi connectivity index (χ3v) is 4.35. The Labute approximate surface area is 129 Å². The molecule has 3 rings (SSSR count). The molecule has 0 saturated carbocycles. The number of rotatable bonds is 2. The summed E-state index contributed by atoms with van der Waals surface area (Å²) in [5.74, 6) is -8.97. The average Bonchev–Trinajstić information content (AvgIpc) is 2.84. The van der Waals surface area contributed by atoms with Crippen LogP contribution in [0.3, 0.4) is 0 Å². The highest BCUT2D eigenvalue weighted by atomic mass is 32.1. The van der Waals surface area contributed by atoms with Crippen LogP contribution in [-0.2, 0) is 0 Å². The first kappa shape index (κ1) is 15.4. The van der Waals surface area contributed by atoms with E-state index < -0.39 is 51.1 Å². The Morgan fingerprint density at radius 1 is 0.913 bits per heavy atom. The third kappa shape index (κ3) is 2.35. The van der Waals surface area contributed by atoms with Crippen molar-refractivity contribution in [1.29, 1.82) is 0 Å². The molecule has 0 unspecified atom stereocenters. The van der Waals surface area contributed by atoms with Crippen LogP contribution in [0.5, 0.6) is 0 Å². The lowest BCUT2D eigenvalue weighted by molar-refractivity contribution is 0.0703. The van der Waals surface area contributed by atoms with Gasteiger partial charge in [0, 0.05) is 21.7 Å². The highest BCUT2D eigenvalue weighted by Gasteiger charge is 2.28. The zero-order valence-corrected chi connectivity index (χ0v) is 11.8. The lowest BCUT2D eigenvalue weighted by Crippen LogP contribution is -2.02. The Morgan fingerprint density at radius 3 is 2.09 bits per heavy atom. The van der Waals surface area contributed by atoms with Gasteiger partial charge >= 0.3 is 5.97 Å². The van der Waals surface area contributed by atoms with Crippen molar-refractivity contribution in [3.8, 4) is 11.1 Å². The molecule has 0 bridgehead atoms. The Hall–Kier alpha value is -2.48. The Balaban J connectivity index is 2.50. The van der Waals surface area contributed by atoms with Gasteiger partial charge in [-0.1, -0.05) is 0 Å². The van der Waals surface area contributed by atoms with Gasteiger partial charge in [-0.15, -0.1) is 11.3 Å². The second kappa shape index (κ2) is 5.31. The highest BCUT2D eigenvalue weighted by Crippen LogP contribution is 2.42. The summed E-state index contributed by atoms with van der Waals surface area (Å²) in [5, 5.41) is 9.18. The summed E-state index contributed by atoms with van der Waals surface area (Å²) in [7, 11) is 0.